The molecule has 1 unspecified atom stereocenters. The lowest BCUT2D eigenvalue weighted by Crippen LogP contribution is -2.22. The lowest BCUT2D eigenvalue weighted by Gasteiger charge is -2.20. The van der Waals surface area contributed by atoms with Crippen molar-refractivity contribution < 1.29 is 9.84 Å². The molecule has 0 aliphatic carbocycles. The fraction of sp³-hybridized carbons (Fsp3) is 0.0769. The van der Waals surface area contributed by atoms with E-state index >= 15 is 0 Å². The lowest BCUT2D eigenvalue weighted by molar-refractivity contribution is 0.213. The van der Waals surface area contributed by atoms with Gasteiger partial charge in [0.15, 0.2) is 4.77 Å². The van der Waals surface area contributed by atoms with Crippen LogP contribution in [0, 0.1) is 4.77 Å². The number of H-pyrrole nitrogens is 2. The van der Waals surface area contributed by atoms with E-state index in [-0.39, 0.29) is 16.2 Å². The van der Waals surface area contributed by atoms with Crippen molar-refractivity contribution in [3.8, 4) is 5.88 Å². The van der Waals surface area contributed by atoms with Gasteiger partial charge in [-0.3, -0.25) is 9.78 Å². The summed E-state index contributed by atoms with van der Waals surface area (Å²) in [6, 6.07) is 9.31. The number of aliphatic hydroxyl groups is 1. The molecule has 2 aromatic rings. The quantitative estimate of drug-likeness (QED) is 0.694. The maximum atomic E-state index is 11.7. The van der Waals surface area contributed by atoms with Crippen molar-refractivity contribution in [3.63, 3.8) is 0 Å². The van der Waals surface area contributed by atoms with Gasteiger partial charge in [0, 0.05) is 5.56 Å². The van der Waals surface area contributed by atoms with Crippen molar-refractivity contribution in [1.82, 2.24) is 9.97 Å². The smallest absolute Gasteiger partial charge is 0.261 e. The van der Waals surface area contributed by atoms with Crippen LogP contribution in [0.1, 0.15) is 17.2 Å². The topological polar surface area (TPSA) is 78.1 Å². The minimum Gasteiger partial charge on any atom is -0.440 e. The number of aliphatic hydroxyl groups excluding tert-OH is 1. The number of benzene rings is 1. The van der Waals surface area contributed by atoms with Gasteiger partial charge in [-0.2, -0.15) is 0 Å². The van der Waals surface area contributed by atoms with Crippen LogP contribution in [0.25, 0.3) is 5.76 Å². The van der Waals surface area contributed by atoms with E-state index in [4.69, 9.17) is 17.0 Å². The Morgan fingerprint density at radius 1 is 1.21 bits per heavy atom. The summed E-state index contributed by atoms with van der Waals surface area (Å²) in [5.74, 6) is 0.666. The zero-order valence-electron chi connectivity index (χ0n) is 9.71. The molecule has 3 N–H and O–H groups in total. The van der Waals surface area contributed by atoms with Gasteiger partial charge >= 0.3 is 0 Å². The van der Waals surface area contributed by atoms with E-state index in [1.165, 1.54) is 6.08 Å². The molecule has 0 fully saturated rings. The maximum absolute atomic E-state index is 11.7. The summed E-state index contributed by atoms with van der Waals surface area (Å²) < 4.78 is 5.77. The van der Waals surface area contributed by atoms with Crippen LogP contribution in [0.5, 0.6) is 5.88 Å². The number of aromatic nitrogens is 2. The molecule has 0 spiro atoms. The Labute approximate surface area is 113 Å². The summed E-state index contributed by atoms with van der Waals surface area (Å²) in [6.45, 7) is 0. The average molecular weight is 274 g/mol. The second-order valence-electron chi connectivity index (χ2n) is 4.09. The zero-order valence-corrected chi connectivity index (χ0v) is 10.5. The van der Waals surface area contributed by atoms with Crippen LogP contribution in [-0.2, 0) is 0 Å². The first-order valence-corrected chi connectivity index (χ1v) is 6.05. The highest BCUT2D eigenvalue weighted by molar-refractivity contribution is 7.71. The molecule has 0 radical (unpaired) electrons. The number of hydrogen-bond donors (Lipinski definition) is 3. The molecule has 6 heteroatoms. The highest BCUT2D eigenvalue weighted by atomic mass is 32.1. The van der Waals surface area contributed by atoms with Crippen LogP contribution < -0.4 is 10.3 Å². The molecule has 0 bridgehead atoms. The van der Waals surface area contributed by atoms with E-state index in [9.17, 15) is 9.90 Å². The van der Waals surface area contributed by atoms with E-state index in [2.05, 4.69) is 9.97 Å². The Morgan fingerprint density at radius 3 is 2.68 bits per heavy atom. The molecule has 96 valence electrons. The summed E-state index contributed by atoms with van der Waals surface area (Å²) in [7, 11) is 0. The monoisotopic (exact) mass is 274 g/mol. The Morgan fingerprint density at radius 2 is 1.95 bits per heavy atom. The van der Waals surface area contributed by atoms with Crippen molar-refractivity contribution in [2.24, 2.45) is 0 Å². The van der Waals surface area contributed by atoms with Crippen LogP contribution in [-0.4, -0.2) is 15.1 Å². The van der Waals surface area contributed by atoms with Gasteiger partial charge in [0.25, 0.3) is 5.56 Å². The first kappa shape index (κ1) is 11.9. The van der Waals surface area contributed by atoms with Crippen molar-refractivity contribution in [2.75, 3.05) is 0 Å². The highest BCUT2D eigenvalue weighted by Crippen LogP contribution is 2.31. The zero-order chi connectivity index (χ0) is 13.4. The molecule has 19 heavy (non-hydrogen) atoms. The van der Waals surface area contributed by atoms with Gasteiger partial charge in [0.2, 0.25) is 5.88 Å². The number of fused-ring (bicyclic) bond motifs is 1. The Kier molecular flexibility index (Phi) is 2.81. The molecule has 1 aromatic carbocycles. The molecule has 0 saturated carbocycles. The fourth-order valence-electron chi connectivity index (χ4n) is 1.95. The molecule has 2 heterocycles. The van der Waals surface area contributed by atoms with Crippen molar-refractivity contribution >= 4 is 18.0 Å². The molecular weight excluding hydrogens is 264 g/mol. The van der Waals surface area contributed by atoms with Crippen LogP contribution in [0.15, 0.2) is 41.2 Å². The summed E-state index contributed by atoms with van der Waals surface area (Å²) in [5, 5.41) is 10.0. The molecule has 1 atom stereocenters. The van der Waals surface area contributed by atoms with Gasteiger partial charge in [-0.05, 0) is 18.3 Å². The van der Waals surface area contributed by atoms with E-state index in [1.807, 2.05) is 30.3 Å². The fourth-order valence-corrected chi connectivity index (χ4v) is 2.14. The molecule has 1 aliphatic rings. The third kappa shape index (κ3) is 2.11. The van der Waals surface area contributed by atoms with Crippen LogP contribution >= 0.6 is 12.2 Å². The van der Waals surface area contributed by atoms with E-state index in [0.717, 1.165) is 5.56 Å². The van der Waals surface area contributed by atoms with Gasteiger partial charge in [-0.15, -0.1) is 0 Å². The number of aromatic amines is 2. The van der Waals surface area contributed by atoms with Gasteiger partial charge in [-0.1, -0.05) is 30.3 Å². The second kappa shape index (κ2) is 4.49. The molecule has 0 amide bonds. The average Bonchev–Trinajstić information content (AvgIpc) is 2.38. The van der Waals surface area contributed by atoms with Gasteiger partial charge < -0.3 is 14.8 Å². The Balaban J connectivity index is 2.12. The van der Waals surface area contributed by atoms with Crippen molar-refractivity contribution in [3.05, 3.63) is 62.7 Å². The number of nitrogens with one attached hydrogen (secondary N) is 2. The van der Waals surface area contributed by atoms with Crippen LogP contribution in [0.2, 0.25) is 0 Å². The van der Waals surface area contributed by atoms with Crippen LogP contribution in [0.3, 0.4) is 0 Å². The third-order valence-electron chi connectivity index (χ3n) is 2.82. The Bertz CT molecular complexity index is 761. The highest BCUT2D eigenvalue weighted by Gasteiger charge is 2.24. The first-order chi connectivity index (χ1) is 9.15. The molecule has 1 aliphatic heterocycles. The van der Waals surface area contributed by atoms with Crippen LogP contribution in [0.4, 0.5) is 0 Å². The van der Waals surface area contributed by atoms with Crippen molar-refractivity contribution in [1.29, 1.82) is 0 Å². The number of ether oxygens (including phenoxy) is 1. The molecule has 3 rings (SSSR count). The molecule has 1 aromatic heterocycles. The number of rotatable bonds is 1. The SMILES string of the molecule is O=c1[nH]c(=S)[nH]c2c1C(O)C=C(c1ccccc1)O2. The largest absolute Gasteiger partial charge is 0.440 e. The first-order valence-electron chi connectivity index (χ1n) is 5.65. The maximum Gasteiger partial charge on any atom is 0.261 e. The summed E-state index contributed by atoms with van der Waals surface area (Å²) in [5.41, 5.74) is 0.495. The van der Waals surface area contributed by atoms with Crippen molar-refractivity contribution in [2.45, 2.75) is 6.10 Å². The Hall–Kier alpha value is -2.18. The van der Waals surface area contributed by atoms with E-state index in [1.54, 1.807) is 0 Å². The van der Waals surface area contributed by atoms with E-state index in [0.29, 0.717) is 5.76 Å². The summed E-state index contributed by atoms with van der Waals surface area (Å²) in [6.07, 6.45) is 0.457. The molecule has 5 nitrogen and oxygen atoms in total. The normalized spacial score (nSPS) is 17.3. The summed E-state index contributed by atoms with van der Waals surface area (Å²) >= 11 is 4.89. The van der Waals surface area contributed by atoms with E-state index < -0.39 is 11.7 Å². The second-order valence-corrected chi connectivity index (χ2v) is 4.50. The summed E-state index contributed by atoms with van der Waals surface area (Å²) in [4.78, 5) is 16.9. The van der Waals surface area contributed by atoms with Gasteiger partial charge in [0.1, 0.15) is 17.4 Å². The van der Waals surface area contributed by atoms with Gasteiger partial charge in [-0.25, -0.2) is 0 Å². The minimum atomic E-state index is -1.03. The number of hydrogen-bond acceptors (Lipinski definition) is 4. The third-order valence-corrected chi connectivity index (χ3v) is 3.02. The molecular formula is C13H10N2O3S. The lowest BCUT2D eigenvalue weighted by atomic mass is 10.1. The molecule has 0 saturated heterocycles. The standard InChI is InChI=1S/C13H10N2O3S/c16-8-6-9(7-4-2-1-3-5-7)18-12-10(8)11(17)14-13(19)15-12/h1-6,8,16H,(H2,14,15,17,19). The minimum absolute atomic E-state index is 0.133. The predicted octanol–water partition coefficient (Wildman–Crippen LogP) is 1.90. The van der Waals surface area contributed by atoms with Gasteiger partial charge in [0.05, 0.1) is 0 Å². The predicted molar refractivity (Wildman–Crippen MR) is 72.3 cm³/mol.